The van der Waals surface area contributed by atoms with Crippen LogP contribution in [-0.4, -0.2) is 18.0 Å². The third-order valence-corrected chi connectivity index (χ3v) is 3.96. The molecule has 98 valence electrons. The van der Waals surface area contributed by atoms with Gasteiger partial charge in [-0.3, -0.25) is 4.79 Å². The topological polar surface area (TPSA) is 55.1 Å². The maximum atomic E-state index is 11.7. The molecule has 0 heterocycles. The van der Waals surface area contributed by atoms with Gasteiger partial charge in [0.05, 0.1) is 5.54 Å². The fraction of sp³-hybridized carbons (Fsp3) is 0.462. The number of rotatable bonds is 4. The summed E-state index contributed by atoms with van der Waals surface area (Å²) in [5.41, 5.74) is 6.04. The molecule has 0 spiro atoms. The largest absolute Gasteiger partial charge is 0.354 e. The number of carbonyl (C=O) groups is 1. The van der Waals surface area contributed by atoms with Crippen molar-refractivity contribution in [1.82, 2.24) is 5.32 Å². The Labute approximate surface area is 117 Å². The van der Waals surface area contributed by atoms with Gasteiger partial charge < -0.3 is 11.1 Å². The molecule has 1 unspecified atom stereocenters. The van der Waals surface area contributed by atoms with E-state index in [2.05, 4.69) is 5.32 Å². The van der Waals surface area contributed by atoms with Crippen molar-refractivity contribution < 1.29 is 4.79 Å². The minimum Gasteiger partial charge on any atom is -0.354 e. The quantitative estimate of drug-likeness (QED) is 0.894. The Balaban J connectivity index is 1.99. The fourth-order valence-electron chi connectivity index (χ4n) is 1.87. The zero-order valence-electron chi connectivity index (χ0n) is 10.2. The molecule has 1 atom stereocenters. The highest BCUT2D eigenvalue weighted by atomic mass is 35.5. The van der Waals surface area contributed by atoms with Crippen LogP contribution in [0.5, 0.6) is 0 Å². The summed E-state index contributed by atoms with van der Waals surface area (Å²) < 4.78 is 0. The van der Waals surface area contributed by atoms with E-state index < -0.39 is 5.54 Å². The van der Waals surface area contributed by atoms with Crippen LogP contribution in [-0.2, 0) is 4.79 Å². The number of nitrogens with two attached hydrogens (primary N) is 1. The Bertz CT molecular complexity index is 452. The summed E-state index contributed by atoms with van der Waals surface area (Å²) in [6.07, 6.45) is 1.53. The molecular formula is C13H16Cl2N2O. The third-order valence-electron chi connectivity index (χ3n) is 3.30. The van der Waals surface area contributed by atoms with Crippen LogP contribution in [0.3, 0.4) is 0 Å². The maximum absolute atomic E-state index is 11.7. The van der Waals surface area contributed by atoms with Crippen molar-refractivity contribution in [1.29, 1.82) is 0 Å². The standard InChI is InChI=1S/C13H16Cl2N2O/c1-8(7-17-12(18)13(16)5-6-13)11-9(14)3-2-4-10(11)15/h2-4,8H,5-7,16H2,1H3,(H,17,18). The van der Waals surface area contributed by atoms with Crippen LogP contribution in [0.25, 0.3) is 0 Å². The van der Waals surface area contributed by atoms with Crippen LogP contribution in [0.15, 0.2) is 18.2 Å². The second-order valence-corrected chi connectivity index (χ2v) is 5.72. The molecule has 1 fully saturated rings. The lowest BCUT2D eigenvalue weighted by Crippen LogP contribution is -2.43. The first-order valence-electron chi connectivity index (χ1n) is 5.95. The van der Waals surface area contributed by atoms with Crippen molar-refractivity contribution in [2.75, 3.05) is 6.54 Å². The number of carbonyl (C=O) groups excluding carboxylic acids is 1. The molecule has 0 bridgehead atoms. The molecule has 1 amide bonds. The van der Waals surface area contributed by atoms with Crippen molar-refractivity contribution in [3.63, 3.8) is 0 Å². The van der Waals surface area contributed by atoms with E-state index in [1.807, 2.05) is 6.92 Å². The summed E-state index contributed by atoms with van der Waals surface area (Å²) in [5.74, 6) is -0.0324. The highest BCUT2D eigenvalue weighted by Crippen LogP contribution is 2.33. The summed E-state index contributed by atoms with van der Waals surface area (Å²) in [7, 11) is 0. The average molecular weight is 287 g/mol. The molecule has 1 aliphatic rings. The van der Waals surface area contributed by atoms with E-state index in [0.717, 1.165) is 18.4 Å². The number of halogens is 2. The first-order chi connectivity index (χ1) is 8.44. The molecule has 2 rings (SSSR count). The molecule has 18 heavy (non-hydrogen) atoms. The smallest absolute Gasteiger partial charge is 0.240 e. The van der Waals surface area contributed by atoms with Crippen LogP contribution < -0.4 is 11.1 Å². The monoisotopic (exact) mass is 286 g/mol. The summed E-state index contributed by atoms with van der Waals surface area (Å²) in [6.45, 7) is 2.46. The van der Waals surface area contributed by atoms with E-state index in [1.54, 1.807) is 18.2 Å². The minimum absolute atomic E-state index is 0.0532. The number of amides is 1. The van der Waals surface area contributed by atoms with Gasteiger partial charge in [0.15, 0.2) is 0 Å². The van der Waals surface area contributed by atoms with E-state index in [0.29, 0.717) is 16.6 Å². The van der Waals surface area contributed by atoms with Gasteiger partial charge in [-0.25, -0.2) is 0 Å². The summed E-state index contributed by atoms with van der Waals surface area (Å²) >= 11 is 12.2. The lowest BCUT2D eigenvalue weighted by Gasteiger charge is -2.17. The van der Waals surface area contributed by atoms with Gasteiger partial charge in [0.25, 0.3) is 0 Å². The Morgan fingerprint density at radius 2 is 2.00 bits per heavy atom. The Kier molecular flexibility index (Phi) is 3.85. The van der Waals surface area contributed by atoms with Gasteiger partial charge in [-0.05, 0) is 30.5 Å². The van der Waals surface area contributed by atoms with Gasteiger partial charge in [-0.15, -0.1) is 0 Å². The normalized spacial score (nSPS) is 18.2. The van der Waals surface area contributed by atoms with E-state index >= 15 is 0 Å². The van der Waals surface area contributed by atoms with E-state index in [1.165, 1.54) is 0 Å². The molecule has 0 aliphatic heterocycles. The van der Waals surface area contributed by atoms with Gasteiger partial charge >= 0.3 is 0 Å². The Hall–Kier alpha value is -0.770. The zero-order valence-corrected chi connectivity index (χ0v) is 11.7. The van der Waals surface area contributed by atoms with Crippen LogP contribution in [0.2, 0.25) is 10.0 Å². The molecule has 0 saturated heterocycles. The fourth-order valence-corrected chi connectivity index (χ4v) is 2.64. The highest BCUT2D eigenvalue weighted by Gasteiger charge is 2.45. The molecule has 0 radical (unpaired) electrons. The lowest BCUT2D eigenvalue weighted by molar-refractivity contribution is -0.123. The van der Waals surface area contributed by atoms with E-state index in [9.17, 15) is 4.79 Å². The van der Waals surface area contributed by atoms with Crippen molar-refractivity contribution in [2.45, 2.75) is 31.2 Å². The lowest BCUT2D eigenvalue weighted by atomic mass is 10.0. The molecule has 1 aromatic carbocycles. The van der Waals surface area contributed by atoms with Gasteiger partial charge in [-0.2, -0.15) is 0 Å². The van der Waals surface area contributed by atoms with Gasteiger partial charge in [-0.1, -0.05) is 36.2 Å². The Morgan fingerprint density at radius 1 is 1.44 bits per heavy atom. The third kappa shape index (κ3) is 2.79. The molecule has 0 aromatic heterocycles. The molecule has 1 saturated carbocycles. The number of hydrogen-bond donors (Lipinski definition) is 2. The van der Waals surface area contributed by atoms with Crippen molar-refractivity contribution in [3.05, 3.63) is 33.8 Å². The zero-order chi connectivity index (χ0) is 13.3. The summed E-state index contributed by atoms with van der Waals surface area (Å²) in [5, 5.41) is 4.10. The van der Waals surface area contributed by atoms with Gasteiger partial charge in [0.2, 0.25) is 5.91 Å². The molecular weight excluding hydrogens is 271 g/mol. The van der Waals surface area contributed by atoms with E-state index in [4.69, 9.17) is 28.9 Å². The van der Waals surface area contributed by atoms with Crippen LogP contribution in [0.1, 0.15) is 31.2 Å². The van der Waals surface area contributed by atoms with E-state index in [-0.39, 0.29) is 11.8 Å². The molecule has 1 aromatic rings. The van der Waals surface area contributed by atoms with Crippen LogP contribution >= 0.6 is 23.2 Å². The summed E-state index contributed by atoms with van der Waals surface area (Å²) in [4.78, 5) is 11.7. The second kappa shape index (κ2) is 5.08. The first kappa shape index (κ1) is 13.7. The number of nitrogens with one attached hydrogen (secondary N) is 1. The average Bonchev–Trinajstić information content (AvgIpc) is 3.05. The molecule has 5 heteroatoms. The highest BCUT2D eigenvalue weighted by molar-refractivity contribution is 6.36. The second-order valence-electron chi connectivity index (χ2n) is 4.90. The van der Waals surface area contributed by atoms with Crippen molar-refractivity contribution in [3.8, 4) is 0 Å². The molecule has 3 nitrogen and oxygen atoms in total. The Morgan fingerprint density at radius 3 is 2.50 bits per heavy atom. The minimum atomic E-state index is -0.635. The van der Waals surface area contributed by atoms with Crippen LogP contribution in [0, 0.1) is 0 Å². The maximum Gasteiger partial charge on any atom is 0.240 e. The SMILES string of the molecule is CC(CNC(=O)C1(N)CC1)c1c(Cl)cccc1Cl. The van der Waals surface area contributed by atoms with Crippen molar-refractivity contribution >= 4 is 29.1 Å². The van der Waals surface area contributed by atoms with Crippen LogP contribution in [0.4, 0.5) is 0 Å². The number of hydrogen-bond acceptors (Lipinski definition) is 2. The van der Waals surface area contributed by atoms with Crippen molar-refractivity contribution in [2.24, 2.45) is 5.73 Å². The predicted molar refractivity (Wildman–Crippen MR) is 74.0 cm³/mol. The molecule has 3 N–H and O–H groups in total. The first-order valence-corrected chi connectivity index (χ1v) is 6.71. The predicted octanol–water partition coefficient (Wildman–Crippen LogP) is 2.70. The molecule has 1 aliphatic carbocycles. The summed E-state index contributed by atoms with van der Waals surface area (Å²) in [6, 6.07) is 5.40. The van der Waals surface area contributed by atoms with Gasteiger partial charge in [0.1, 0.15) is 0 Å². The number of benzene rings is 1. The van der Waals surface area contributed by atoms with Gasteiger partial charge in [0, 0.05) is 22.5 Å².